The molecule has 24 heavy (non-hydrogen) atoms. The van der Waals surface area contributed by atoms with E-state index in [0.717, 1.165) is 11.1 Å². The van der Waals surface area contributed by atoms with Crippen molar-refractivity contribution >= 4 is 11.8 Å². The van der Waals surface area contributed by atoms with E-state index in [1.807, 2.05) is 37.3 Å². The lowest BCUT2D eigenvalue weighted by Gasteiger charge is -2.10. The topological polar surface area (TPSA) is 48.2 Å². The van der Waals surface area contributed by atoms with Gasteiger partial charge in [-0.25, -0.2) is 0 Å². The van der Waals surface area contributed by atoms with Crippen LogP contribution in [-0.2, 0) is 0 Å². The van der Waals surface area contributed by atoms with Crippen molar-refractivity contribution in [3.63, 3.8) is 0 Å². The fourth-order valence-corrected chi connectivity index (χ4v) is 2.91. The largest absolute Gasteiger partial charge is 0.435 e. The molecule has 0 radical (unpaired) electrons. The van der Waals surface area contributed by atoms with Crippen LogP contribution in [0.4, 0.5) is 8.78 Å². The molecule has 1 atom stereocenters. The quantitative estimate of drug-likeness (QED) is 0.574. The van der Waals surface area contributed by atoms with Crippen LogP contribution in [-0.4, -0.2) is 16.8 Å². The van der Waals surface area contributed by atoms with Gasteiger partial charge in [0.25, 0.3) is 5.22 Å². The van der Waals surface area contributed by atoms with Crippen LogP contribution in [0.15, 0.2) is 64.2 Å². The van der Waals surface area contributed by atoms with Crippen LogP contribution in [0.5, 0.6) is 5.75 Å². The molecule has 0 spiro atoms. The fraction of sp³-hybridized carbons (Fsp3) is 0.176. The van der Waals surface area contributed by atoms with Crippen LogP contribution in [0, 0.1) is 0 Å². The first kappa shape index (κ1) is 16.4. The highest BCUT2D eigenvalue weighted by atomic mass is 32.2. The summed E-state index contributed by atoms with van der Waals surface area (Å²) in [5.41, 5.74) is 1.80. The predicted molar refractivity (Wildman–Crippen MR) is 87.1 cm³/mol. The van der Waals surface area contributed by atoms with Crippen LogP contribution in [0.25, 0.3) is 11.5 Å². The average Bonchev–Trinajstić information content (AvgIpc) is 3.04. The van der Waals surface area contributed by atoms with E-state index < -0.39 is 6.61 Å². The molecule has 2 aromatic carbocycles. The zero-order chi connectivity index (χ0) is 16.9. The van der Waals surface area contributed by atoms with Crippen molar-refractivity contribution in [2.45, 2.75) is 24.0 Å². The Morgan fingerprint density at radius 3 is 2.38 bits per heavy atom. The minimum absolute atomic E-state index is 0.0228. The van der Waals surface area contributed by atoms with Gasteiger partial charge in [0.05, 0.1) is 0 Å². The number of hydrogen-bond acceptors (Lipinski definition) is 5. The molecule has 0 N–H and O–H groups in total. The Balaban J connectivity index is 1.66. The molecule has 0 fully saturated rings. The Bertz CT molecular complexity index is 779. The molecule has 4 nitrogen and oxygen atoms in total. The van der Waals surface area contributed by atoms with E-state index >= 15 is 0 Å². The first-order valence-electron chi connectivity index (χ1n) is 7.22. The Labute approximate surface area is 141 Å². The molecule has 1 aromatic heterocycles. The van der Waals surface area contributed by atoms with Gasteiger partial charge >= 0.3 is 6.61 Å². The Hall–Kier alpha value is -2.41. The molecule has 3 aromatic rings. The second kappa shape index (κ2) is 7.44. The fourth-order valence-electron chi connectivity index (χ4n) is 2.09. The Morgan fingerprint density at radius 2 is 1.71 bits per heavy atom. The number of nitrogens with zero attached hydrogens (tertiary/aromatic N) is 2. The molecule has 0 aliphatic rings. The Kier molecular flexibility index (Phi) is 5.10. The maximum absolute atomic E-state index is 12.2. The third-order valence-electron chi connectivity index (χ3n) is 3.28. The molecule has 1 unspecified atom stereocenters. The number of hydrogen-bond donors (Lipinski definition) is 0. The SMILES string of the molecule is CC(Sc1nnc(-c2ccccc2)o1)c1ccc(OC(F)F)cc1. The summed E-state index contributed by atoms with van der Waals surface area (Å²) in [7, 11) is 0. The highest BCUT2D eigenvalue weighted by Crippen LogP contribution is 2.35. The molecule has 0 bridgehead atoms. The van der Waals surface area contributed by atoms with Crippen molar-refractivity contribution in [2.75, 3.05) is 0 Å². The predicted octanol–water partition coefficient (Wildman–Crippen LogP) is 5.19. The van der Waals surface area contributed by atoms with Crippen molar-refractivity contribution in [1.82, 2.24) is 10.2 Å². The number of aromatic nitrogens is 2. The first-order chi connectivity index (χ1) is 11.6. The van der Waals surface area contributed by atoms with Crippen molar-refractivity contribution < 1.29 is 17.9 Å². The molecular weight excluding hydrogens is 334 g/mol. The van der Waals surface area contributed by atoms with Gasteiger partial charge in [-0.3, -0.25) is 0 Å². The second-order valence-corrected chi connectivity index (χ2v) is 6.24. The third kappa shape index (κ3) is 4.11. The molecule has 0 aliphatic carbocycles. The highest BCUT2D eigenvalue weighted by Gasteiger charge is 2.14. The second-order valence-electron chi connectivity index (χ2n) is 4.95. The van der Waals surface area contributed by atoms with Gasteiger partial charge in [0.15, 0.2) is 0 Å². The number of halogens is 2. The first-order valence-corrected chi connectivity index (χ1v) is 8.10. The molecule has 3 rings (SSSR count). The summed E-state index contributed by atoms with van der Waals surface area (Å²) in [6, 6.07) is 16.0. The van der Waals surface area contributed by atoms with Crippen LogP contribution in [0.2, 0.25) is 0 Å². The van der Waals surface area contributed by atoms with Crippen molar-refractivity contribution in [3.05, 3.63) is 60.2 Å². The van der Waals surface area contributed by atoms with Gasteiger partial charge < -0.3 is 9.15 Å². The summed E-state index contributed by atoms with van der Waals surface area (Å²) in [5.74, 6) is 0.598. The normalized spacial score (nSPS) is 12.3. The van der Waals surface area contributed by atoms with E-state index in [2.05, 4.69) is 14.9 Å². The van der Waals surface area contributed by atoms with Gasteiger partial charge in [-0.15, -0.1) is 10.2 Å². The van der Waals surface area contributed by atoms with E-state index in [1.54, 1.807) is 12.1 Å². The summed E-state index contributed by atoms with van der Waals surface area (Å²) in [4.78, 5) is 0. The number of alkyl halides is 2. The third-order valence-corrected chi connectivity index (χ3v) is 4.27. The lowest BCUT2D eigenvalue weighted by Crippen LogP contribution is -2.01. The summed E-state index contributed by atoms with van der Waals surface area (Å²) >= 11 is 1.40. The number of rotatable bonds is 6. The smallest absolute Gasteiger partial charge is 0.387 e. The summed E-state index contributed by atoms with van der Waals surface area (Å²) in [6.07, 6.45) is 0. The van der Waals surface area contributed by atoms with Gasteiger partial charge in [-0.1, -0.05) is 42.1 Å². The molecule has 124 valence electrons. The Morgan fingerprint density at radius 1 is 1.00 bits per heavy atom. The van der Waals surface area contributed by atoms with Crippen LogP contribution >= 0.6 is 11.8 Å². The summed E-state index contributed by atoms with van der Waals surface area (Å²) < 4.78 is 34.3. The molecule has 0 amide bonds. The van der Waals surface area contributed by atoms with Crippen molar-refractivity contribution in [2.24, 2.45) is 0 Å². The van der Waals surface area contributed by atoms with Crippen LogP contribution in [0.1, 0.15) is 17.7 Å². The molecule has 1 heterocycles. The van der Waals surface area contributed by atoms with E-state index in [-0.39, 0.29) is 11.0 Å². The number of ether oxygens (including phenoxy) is 1. The van der Waals surface area contributed by atoms with E-state index in [0.29, 0.717) is 11.1 Å². The van der Waals surface area contributed by atoms with Gasteiger partial charge in [0.1, 0.15) is 5.75 Å². The van der Waals surface area contributed by atoms with Gasteiger partial charge in [-0.2, -0.15) is 8.78 Å². The lowest BCUT2D eigenvalue weighted by atomic mass is 10.2. The highest BCUT2D eigenvalue weighted by molar-refractivity contribution is 7.99. The zero-order valence-corrected chi connectivity index (χ0v) is 13.5. The monoisotopic (exact) mass is 348 g/mol. The minimum Gasteiger partial charge on any atom is -0.435 e. The van der Waals surface area contributed by atoms with Crippen molar-refractivity contribution in [3.8, 4) is 17.2 Å². The average molecular weight is 348 g/mol. The van der Waals surface area contributed by atoms with Gasteiger partial charge in [0, 0.05) is 10.8 Å². The lowest BCUT2D eigenvalue weighted by molar-refractivity contribution is -0.0498. The zero-order valence-electron chi connectivity index (χ0n) is 12.7. The molecule has 0 saturated carbocycles. The molecule has 7 heteroatoms. The van der Waals surface area contributed by atoms with E-state index in [4.69, 9.17) is 4.42 Å². The molecule has 0 saturated heterocycles. The maximum atomic E-state index is 12.2. The van der Waals surface area contributed by atoms with Gasteiger partial charge in [-0.05, 0) is 36.8 Å². The molecule has 0 aliphatic heterocycles. The van der Waals surface area contributed by atoms with Crippen LogP contribution < -0.4 is 4.74 Å². The van der Waals surface area contributed by atoms with Crippen LogP contribution in [0.3, 0.4) is 0 Å². The summed E-state index contributed by atoms with van der Waals surface area (Å²) in [6.45, 7) is -0.850. The number of benzene rings is 2. The summed E-state index contributed by atoms with van der Waals surface area (Å²) in [5, 5.41) is 8.55. The standard InChI is InChI=1S/C17H14F2N2O2S/c1-11(12-7-9-14(10-8-12)22-16(18)19)24-17-21-20-15(23-17)13-5-3-2-4-6-13/h2-11,16H,1H3. The minimum atomic E-state index is -2.82. The van der Waals surface area contributed by atoms with E-state index in [1.165, 1.54) is 23.9 Å². The number of thioether (sulfide) groups is 1. The van der Waals surface area contributed by atoms with Crippen molar-refractivity contribution in [1.29, 1.82) is 0 Å². The molecular formula is C17H14F2N2O2S. The maximum Gasteiger partial charge on any atom is 0.387 e. The van der Waals surface area contributed by atoms with Gasteiger partial charge in [0.2, 0.25) is 5.89 Å². The van der Waals surface area contributed by atoms with E-state index in [9.17, 15) is 8.78 Å².